The number of nitrogens with one attached hydrogen (secondary N) is 1. The van der Waals surface area contributed by atoms with Crippen LogP contribution in [-0.2, 0) is 0 Å². The minimum absolute atomic E-state index is 0.205. The molecular formula is C18H29NO2. The first-order valence-corrected chi connectivity index (χ1v) is 8.35. The van der Waals surface area contributed by atoms with E-state index in [1.165, 1.54) is 44.9 Å². The molecule has 0 radical (unpaired) electrons. The molecule has 0 amide bonds. The van der Waals surface area contributed by atoms with Gasteiger partial charge in [0.25, 0.3) is 0 Å². The minimum atomic E-state index is -0.561. The van der Waals surface area contributed by atoms with Gasteiger partial charge in [-0.1, -0.05) is 44.2 Å². The molecule has 1 aliphatic carbocycles. The van der Waals surface area contributed by atoms with E-state index in [4.69, 9.17) is 0 Å². The molecule has 1 saturated carbocycles. The lowest BCUT2D eigenvalue weighted by Gasteiger charge is -2.24. The lowest BCUT2D eigenvalue weighted by atomic mass is 9.85. The van der Waals surface area contributed by atoms with Crippen molar-refractivity contribution in [3.8, 4) is 5.75 Å². The van der Waals surface area contributed by atoms with Crippen molar-refractivity contribution in [1.29, 1.82) is 0 Å². The molecule has 3 nitrogen and oxygen atoms in total. The zero-order valence-corrected chi connectivity index (χ0v) is 13.1. The van der Waals surface area contributed by atoms with E-state index in [0.29, 0.717) is 12.6 Å². The number of rotatable bonds is 7. The molecular weight excluding hydrogens is 262 g/mol. The van der Waals surface area contributed by atoms with E-state index in [2.05, 4.69) is 12.2 Å². The summed E-state index contributed by atoms with van der Waals surface area (Å²) in [6, 6.07) is 7.29. The van der Waals surface area contributed by atoms with Gasteiger partial charge in [0, 0.05) is 12.6 Å². The Bertz CT molecular complexity index is 415. The largest absolute Gasteiger partial charge is 0.508 e. The van der Waals surface area contributed by atoms with Crippen molar-refractivity contribution in [3.05, 3.63) is 29.8 Å². The van der Waals surface area contributed by atoms with E-state index in [0.717, 1.165) is 11.5 Å². The van der Waals surface area contributed by atoms with Gasteiger partial charge in [0.1, 0.15) is 5.75 Å². The van der Waals surface area contributed by atoms with Crippen LogP contribution in [0.3, 0.4) is 0 Å². The molecule has 1 aromatic rings. The van der Waals surface area contributed by atoms with Crippen molar-refractivity contribution >= 4 is 0 Å². The molecule has 1 aliphatic rings. The van der Waals surface area contributed by atoms with Crippen LogP contribution in [0.25, 0.3) is 0 Å². The first-order chi connectivity index (χ1) is 10.1. The highest BCUT2D eigenvalue weighted by atomic mass is 16.3. The Morgan fingerprint density at radius 3 is 2.71 bits per heavy atom. The maximum absolute atomic E-state index is 10.1. The Hall–Kier alpha value is -1.06. The molecule has 118 valence electrons. The molecule has 3 heteroatoms. The zero-order chi connectivity index (χ0) is 15.1. The molecule has 0 bridgehead atoms. The Morgan fingerprint density at radius 2 is 2.00 bits per heavy atom. The van der Waals surface area contributed by atoms with Crippen LogP contribution in [0.1, 0.15) is 63.5 Å². The van der Waals surface area contributed by atoms with E-state index >= 15 is 0 Å². The number of hydrogen-bond acceptors (Lipinski definition) is 3. The summed E-state index contributed by atoms with van der Waals surface area (Å²) in [5.41, 5.74) is 0.766. The summed E-state index contributed by atoms with van der Waals surface area (Å²) in [5, 5.41) is 23.0. The van der Waals surface area contributed by atoms with Gasteiger partial charge in [0.15, 0.2) is 0 Å². The summed E-state index contributed by atoms with van der Waals surface area (Å²) >= 11 is 0. The fourth-order valence-electron chi connectivity index (χ4n) is 3.23. The summed E-state index contributed by atoms with van der Waals surface area (Å²) < 4.78 is 0. The average molecular weight is 291 g/mol. The van der Waals surface area contributed by atoms with Crippen LogP contribution in [0, 0.1) is 5.92 Å². The standard InChI is InChI=1S/C18H29NO2/c1-14(10-11-15-6-3-2-4-7-15)19-13-18(21)16-8-5-9-17(20)12-16/h5,8-9,12,14-15,18-21H,2-4,6-7,10-11,13H2,1H3. The lowest BCUT2D eigenvalue weighted by Crippen LogP contribution is -2.31. The topological polar surface area (TPSA) is 52.5 Å². The number of aliphatic hydroxyl groups excluding tert-OH is 1. The van der Waals surface area contributed by atoms with Crippen LogP contribution in [0.15, 0.2) is 24.3 Å². The molecule has 3 N–H and O–H groups in total. The van der Waals surface area contributed by atoms with Crippen molar-refractivity contribution in [2.24, 2.45) is 5.92 Å². The fourth-order valence-corrected chi connectivity index (χ4v) is 3.23. The molecule has 0 aromatic heterocycles. The predicted octanol–water partition coefficient (Wildman–Crippen LogP) is 3.76. The van der Waals surface area contributed by atoms with Gasteiger partial charge in [-0.05, 0) is 43.4 Å². The van der Waals surface area contributed by atoms with Crippen LogP contribution in [0.5, 0.6) is 5.75 Å². The maximum atomic E-state index is 10.1. The highest BCUT2D eigenvalue weighted by Gasteiger charge is 2.15. The lowest BCUT2D eigenvalue weighted by molar-refractivity contribution is 0.168. The highest BCUT2D eigenvalue weighted by Crippen LogP contribution is 2.27. The van der Waals surface area contributed by atoms with Crippen LogP contribution in [-0.4, -0.2) is 22.8 Å². The molecule has 0 saturated heterocycles. The van der Waals surface area contributed by atoms with Gasteiger partial charge in [0.2, 0.25) is 0 Å². The first kappa shape index (κ1) is 16.3. The SMILES string of the molecule is CC(CCC1CCCCC1)NCC(O)c1cccc(O)c1. The minimum Gasteiger partial charge on any atom is -0.508 e. The van der Waals surface area contributed by atoms with Gasteiger partial charge in [-0.15, -0.1) is 0 Å². The van der Waals surface area contributed by atoms with Crippen molar-refractivity contribution in [3.63, 3.8) is 0 Å². The molecule has 21 heavy (non-hydrogen) atoms. The van der Waals surface area contributed by atoms with Crippen molar-refractivity contribution < 1.29 is 10.2 Å². The number of aromatic hydroxyl groups is 1. The molecule has 1 fully saturated rings. The summed E-state index contributed by atoms with van der Waals surface area (Å²) in [4.78, 5) is 0. The number of aliphatic hydroxyl groups is 1. The zero-order valence-electron chi connectivity index (χ0n) is 13.1. The monoisotopic (exact) mass is 291 g/mol. The van der Waals surface area contributed by atoms with Gasteiger partial charge < -0.3 is 15.5 Å². The number of phenols is 1. The van der Waals surface area contributed by atoms with Gasteiger partial charge in [-0.25, -0.2) is 0 Å². The third-order valence-corrected chi connectivity index (χ3v) is 4.65. The third kappa shape index (κ3) is 5.68. The van der Waals surface area contributed by atoms with Crippen LogP contribution >= 0.6 is 0 Å². The molecule has 0 heterocycles. The Kier molecular flexibility index (Phi) is 6.52. The van der Waals surface area contributed by atoms with E-state index < -0.39 is 6.10 Å². The Labute approximate surface area is 128 Å². The van der Waals surface area contributed by atoms with Crippen molar-refractivity contribution in [1.82, 2.24) is 5.32 Å². The first-order valence-electron chi connectivity index (χ1n) is 8.35. The predicted molar refractivity (Wildman–Crippen MR) is 86.3 cm³/mol. The number of phenolic OH excluding ortho intramolecular Hbond substituents is 1. The Morgan fingerprint density at radius 1 is 1.24 bits per heavy atom. The van der Waals surface area contributed by atoms with E-state index in [-0.39, 0.29) is 5.75 Å². The summed E-state index contributed by atoms with van der Waals surface area (Å²) in [5.74, 6) is 1.12. The maximum Gasteiger partial charge on any atom is 0.115 e. The van der Waals surface area contributed by atoms with Crippen LogP contribution in [0.4, 0.5) is 0 Å². The molecule has 2 unspecified atom stereocenters. The average Bonchev–Trinajstić information content (AvgIpc) is 2.51. The molecule has 0 spiro atoms. The van der Waals surface area contributed by atoms with Gasteiger partial charge in [0.05, 0.1) is 6.10 Å². The molecule has 0 aliphatic heterocycles. The number of hydrogen-bond donors (Lipinski definition) is 3. The normalized spacial score (nSPS) is 19.3. The second-order valence-electron chi connectivity index (χ2n) is 6.50. The Balaban J connectivity index is 1.67. The third-order valence-electron chi connectivity index (χ3n) is 4.65. The van der Waals surface area contributed by atoms with Gasteiger partial charge >= 0.3 is 0 Å². The van der Waals surface area contributed by atoms with E-state index in [1.54, 1.807) is 18.2 Å². The van der Waals surface area contributed by atoms with Gasteiger partial charge in [-0.2, -0.15) is 0 Å². The molecule has 2 atom stereocenters. The second-order valence-corrected chi connectivity index (χ2v) is 6.50. The van der Waals surface area contributed by atoms with Crippen molar-refractivity contribution in [2.75, 3.05) is 6.54 Å². The highest BCUT2D eigenvalue weighted by molar-refractivity contribution is 5.28. The number of benzene rings is 1. The summed E-state index contributed by atoms with van der Waals surface area (Å²) in [7, 11) is 0. The molecule has 2 rings (SSSR count). The molecule has 1 aromatic carbocycles. The van der Waals surface area contributed by atoms with Crippen LogP contribution in [0.2, 0.25) is 0 Å². The summed E-state index contributed by atoms with van der Waals surface area (Å²) in [6.45, 7) is 2.73. The van der Waals surface area contributed by atoms with E-state index in [1.807, 2.05) is 6.07 Å². The fraction of sp³-hybridized carbons (Fsp3) is 0.667. The summed E-state index contributed by atoms with van der Waals surface area (Å²) in [6.07, 6.45) is 8.95. The quantitative estimate of drug-likeness (QED) is 0.717. The van der Waals surface area contributed by atoms with Crippen molar-refractivity contribution in [2.45, 2.75) is 64.0 Å². The second kappa shape index (κ2) is 8.40. The van der Waals surface area contributed by atoms with Crippen LogP contribution < -0.4 is 5.32 Å². The van der Waals surface area contributed by atoms with E-state index in [9.17, 15) is 10.2 Å². The van der Waals surface area contributed by atoms with Gasteiger partial charge in [-0.3, -0.25) is 0 Å². The smallest absolute Gasteiger partial charge is 0.115 e.